The van der Waals surface area contributed by atoms with E-state index in [9.17, 15) is 14.4 Å². The van der Waals surface area contributed by atoms with Crippen molar-refractivity contribution < 1.29 is 23.9 Å². The van der Waals surface area contributed by atoms with Crippen LogP contribution in [0.3, 0.4) is 0 Å². The maximum absolute atomic E-state index is 12.4. The van der Waals surface area contributed by atoms with Crippen molar-refractivity contribution in [2.45, 2.75) is 65.7 Å². The normalized spacial score (nSPS) is 12.4. The minimum Gasteiger partial charge on any atom is -0.459 e. The minimum absolute atomic E-state index is 0.0740. The first-order valence-electron chi connectivity index (χ1n) is 8.78. The largest absolute Gasteiger partial charge is 0.459 e. The maximum atomic E-state index is 12.4. The molecule has 0 aliphatic rings. The molecule has 1 atom stereocenters. The first-order chi connectivity index (χ1) is 12.1. The summed E-state index contributed by atoms with van der Waals surface area (Å²) >= 11 is 0. The molecule has 0 heterocycles. The maximum Gasteiger partial charge on any atom is 0.408 e. The summed E-state index contributed by atoms with van der Waals surface area (Å²) in [5, 5.41) is 2.46. The third kappa shape index (κ3) is 9.20. The number of Topliss-reactive ketones (excluding diaryl/α,β-unsaturated/α-hetero) is 1. The molecule has 6 nitrogen and oxygen atoms in total. The lowest BCUT2D eigenvalue weighted by Gasteiger charge is -2.23. The fourth-order valence-corrected chi connectivity index (χ4v) is 2.24. The molecular weight excluding hydrogens is 334 g/mol. The van der Waals surface area contributed by atoms with Crippen LogP contribution in [0.25, 0.3) is 0 Å². The van der Waals surface area contributed by atoms with Crippen molar-refractivity contribution in [2.75, 3.05) is 0 Å². The van der Waals surface area contributed by atoms with Crippen molar-refractivity contribution in [3.8, 4) is 0 Å². The molecule has 0 aromatic heterocycles. The number of esters is 1. The molecule has 26 heavy (non-hydrogen) atoms. The molecular formula is C20H29NO5. The molecule has 0 saturated heterocycles. The van der Waals surface area contributed by atoms with Crippen molar-refractivity contribution in [2.24, 2.45) is 5.92 Å². The first kappa shape index (κ1) is 21.7. The number of carbonyl (C=O) groups excluding carboxylic acids is 3. The molecule has 1 rings (SSSR count). The highest BCUT2D eigenvalue weighted by Crippen LogP contribution is 2.11. The monoisotopic (exact) mass is 363 g/mol. The van der Waals surface area contributed by atoms with Crippen molar-refractivity contribution in [1.29, 1.82) is 0 Å². The second-order valence-electron chi connectivity index (χ2n) is 7.63. The zero-order chi connectivity index (χ0) is 19.7. The standard InChI is InChI=1S/C20H29NO5/c1-14(2)11-16(22)12-17(21-19(24)26-20(3,4)5)18(23)25-13-15-9-7-6-8-10-15/h6-10,14,17H,11-13H2,1-5H3,(H,21,24)/t17-/m0/s1. The highest BCUT2D eigenvalue weighted by atomic mass is 16.6. The molecule has 0 aliphatic heterocycles. The second kappa shape index (κ2) is 9.94. The van der Waals surface area contributed by atoms with Crippen LogP contribution < -0.4 is 5.32 Å². The fraction of sp³-hybridized carbons (Fsp3) is 0.550. The van der Waals surface area contributed by atoms with Gasteiger partial charge in [0, 0.05) is 12.8 Å². The number of ketones is 1. The lowest BCUT2D eigenvalue weighted by Crippen LogP contribution is -2.45. The summed E-state index contributed by atoms with van der Waals surface area (Å²) < 4.78 is 10.4. The number of carbonyl (C=O) groups is 3. The summed E-state index contributed by atoms with van der Waals surface area (Å²) in [4.78, 5) is 36.5. The van der Waals surface area contributed by atoms with E-state index in [1.807, 2.05) is 44.2 Å². The Morgan fingerprint density at radius 1 is 1.04 bits per heavy atom. The Hall–Kier alpha value is -2.37. The van der Waals surface area contributed by atoms with Crippen LogP contribution in [-0.4, -0.2) is 29.5 Å². The lowest BCUT2D eigenvalue weighted by molar-refractivity contribution is -0.148. The molecule has 0 unspecified atom stereocenters. The average molecular weight is 363 g/mol. The van der Waals surface area contributed by atoms with Crippen molar-refractivity contribution in [3.05, 3.63) is 35.9 Å². The smallest absolute Gasteiger partial charge is 0.408 e. The number of rotatable bonds is 8. The molecule has 0 spiro atoms. The van der Waals surface area contributed by atoms with Gasteiger partial charge in [-0.1, -0.05) is 44.2 Å². The Bertz CT molecular complexity index is 604. The molecule has 144 valence electrons. The molecule has 6 heteroatoms. The van der Waals surface area contributed by atoms with E-state index in [1.54, 1.807) is 20.8 Å². The zero-order valence-corrected chi connectivity index (χ0v) is 16.2. The fourth-order valence-electron chi connectivity index (χ4n) is 2.24. The quantitative estimate of drug-likeness (QED) is 0.713. The predicted octanol–water partition coefficient (Wildman–Crippen LogP) is 3.63. The molecule has 1 amide bonds. The van der Waals surface area contributed by atoms with E-state index in [1.165, 1.54) is 0 Å². The Morgan fingerprint density at radius 2 is 1.65 bits per heavy atom. The molecule has 0 radical (unpaired) electrons. The third-order valence-corrected chi connectivity index (χ3v) is 3.27. The van der Waals surface area contributed by atoms with Gasteiger partial charge < -0.3 is 14.8 Å². The van der Waals surface area contributed by atoms with E-state index >= 15 is 0 Å². The summed E-state index contributed by atoms with van der Waals surface area (Å²) in [6, 6.07) is 8.13. The van der Waals surface area contributed by atoms with Gasteiger partial charge >= 0.3 is 12.1 Å². The number of nitrogens with one attached hydrogen (secondary N) is 1. The van der Waals surface area contributed by atoms with Gasteiger partial charge in [0.25, 0.3) is 0 Å². The van der Waals surface area contributed by atoms with E-state index in [4.69, 9.17) is 9.47 Å². The highest BCUT2D eigenvalue weighted by Gasteiger charge is 2.28. The van der Waals surface area contributed by atoms with Gasteiger partial charge in [-0.05, 0) is 32.3 Å². The topological polar surface area (TPSA) is 81.7 Å². The van der Waals surface area contributed by atoms with Gasteiger partial charge in [-0.25, -0.2) is 9.59 Å². The van der Waals surface area contributed by atoms with Gasteiger partial charge in [0.05, 0.1) is 0 Å². The minimum atomic E-state index is -1.07. The summed E-state index contributed by atoms with van der Waals surface area (Å²) in [6.45, 7) is 9.08. The van der Waals surface area contributed by atoms with Crippen LogP contribution in [0.2, 0.25) is 0 Å². The van der Waals surface area contributed by atoms with E-state index < -0.39 is 23.7 Å². The van der Waals surface area contributed by atoms with Crippen LogP contribution in [0.1, 0.15) is 53.0 Å². The van der Waals surface area contributed by atoms with Gasteiger partial charge in [-0.2, -0.15) is 0 Å². The Labute approximate surface area is 155 Å². The molecule has 1 aromatic carbocycles. The average Bonchev–Trinajstić information content (AvgIpc) is 2.50. The molecule has 0 saturated carbocycles. The first-order valence-corrected chi connectivity index (χ1v) is 8.78. The van der Waals surface area contributed by atoms with Crippen LogP contribution >= 0.6 is 0 Å². The Kier molecular flexibility index (Phi) is 8.29. The summed E-state index contributed by atoms with van der Waals surface area (Å²) in [5.74, 6) is -0.598. The second-order valence-corrected chi connectivity index (χ2v) is 7.63. The van der Waals surface area contributed by atoms with Crippen LogP contribution in [0.5, 0.6) is 0 Å². The zero-order valence-electron chi connectivity index (χ0n) is 16.2. The SMILES string of the molecule is CC(C)CC(=O)C[C@H](NC(=O)OC(C)(C)C)C(=O)OCc1ccccc1. The van der Waals surface area contributed by atoms with Crippen molar-refractivity contribution in [3.63, 3.8) is 0 Å². The number of hydrogen-bond donors (Lipinski definition) is 1. The third-order valence-electron chi connectivity index (χ3n) is 3.27. The summed E-state index contributed by atoms with van der Waals surface area (Å²) in [7, 11) is 0. The van der Waals surface area contributed by atoms with Gasteiger partial charge in [0.15, 0.2) is 0 Å². The van der Waals surface area contributed by atoms with Gasteiger partial charge in [0.2, 0.25) is 0 Å². The van der Waals surface area contributed by atoms with Gasteiger partial charge in [0.1, 0.15) is 24.0 Å². The van der Waals surface area contributed by atoms with Crippen LogP contribution in [0.15, 0.2) is 30.3 Å². The molecule has 0 bridgehead atoms. The van der Waals surface area contributed by atoms with Crippen molar-refractivity contribution in [1.82, 2.24) is 5.32 Å². The van der Waals surface area contributed by atoms with Crippen molar-refractivity contribution >= 4 is 17.8 Å². The lowest BCUT2D eigenvalue weighted by atomic mass is 10.0. The van der Waals surface area contributed by atoms with E-state index in [0.29, 0.717) is 6.42 Å². The van der Waals surface area contributed by atoms with E-state index in [2.05, 4.69) is 5.32 Å². The molecule has 1 aromatic rings. The van der Waals surface area contributed by atoms with E-state index in [-0.39, 0.29) is 24.7 Å². The number of benzene rings is 1. The predicted molar refractivity (Wildman–Crippen MR) is 98.5 cm³/mol. The van der Waals surface area contributed by atoms with E-state index in [0.717, 1.165) is 5.56 Å². The van der Waals surface area contributed by atoms with Crippen LogP contribution in [0, 0.1) is 5.92 Å². The van der Waals surface area contributed by atoms with Gasteiger partial charge in [-0.15, -0.1) is 0 Å². The molecule has 1 N–H and O–H groups in total. The summed E-state index contributed by atoms with van der Waals surface area (Å²) in [5.41, 5.74) is 0.121. The molecule has 0 fully saturated rings. The Balaban J connectivity index is 2.72. The Morgan fingerprint density at radius 3 is 2.19 bits per heavy atom. The van der Waals surface area contributed by atoms with Crippen LogP contribution in [0.4, 0.5) is 4.79 Å². The number of alkyl carbamates (subject to hydrolysis) is 1. The summed E-state index contributed by atoms with van der Waals surface area (Å²) in [6.07, 6.45) is -0.541. The number of amides is 1. The number of ether oxygens (including phenoxy) is 2. The van der Waals surface area contributed by atoms with Gasteiger partial charge in [-0.3, -0.25) is 4.79 Å². The van der Waals surface area contributed by atoms with Crippen LogP contribution in [-0.2, 0) is 25.7 Å². The highest BCUT2D eigenvalue weighted by molar-refractivity contribution is 5.89. The number of hydrogen-bond acceptors (Lipinski definition) is 5. The molecule has 0 aliphatic carbocycles.